The van der Waals surface area contributed by atoms with Crippen LogP contribution in [0.3, 0.4) is 0 Å². The molecule has 1 saturated carbocycles. The normalized spacial score (nSPS) is 18.4. The molecule has 0 bridgehead atoms. The number of carbonyl (C=O) groups is 1. The minimum Gasteiger partial charge on any atom is -0.348 e. The van der Waals surface area contributed by atoms with E-state index in [9.17, 15) is 41.5 Å². The quantitative estimate of drug-likeness (QED) is 0.225. The van der Waals surface area contributed by atoms with Crippen molar-refractivity contribution in [3.8, 4) is 0 Å². The summed E-state index contributed by atoms with van der Waals surface area (Å²) in [6.07, 6.45) is -1.12. The summed E-state index contributed by atoms with van der Waals surface area (Å²) in [4.78, 5) is 73.1. The average Bonchev–Trinajstić information content (AvgIpc) is 3.52. The number of aromatic nitrogens is 7. The van der Waals surface area contributed by atoms with Crippen molar-refractivity contribution in [2.45, 2.75) is 89.8 Å². The van der Waals surface area contributed by atoms with Crippen LogP contribution in [-0.2, 0) is 26.3 Å². The van der Waals surface area contributed by atoms with Crippen LogP contribution >= 0.6 is 11.8 Å². The molecule has 7 rings (SSSR count). The molecule has 55 heavy (non-hydrogen) atoms. The van der Waals surface area contributed by atoms with Crippen molar-refractivity contribution in [1.29, 1.82) is 0 Å². The zero-order valence-corrected chi connectivity index (χ0v) is 31.3. The van der Waals surface area contributed by atoms with Crippen molar-refractivity contribution in [1.82, 2.24) is 38.3 Å². The SMILES string of the molecule is CC(C)Cn1c(=O)n(C)c(=O)c2c(C(=O)N[C@H]3CC[C@@H](n4c(=O)c5cc(F)cnc5n(C5CCSCC5)c4=O)CC3)n(Cc3ccccc3C(F)(F)F)nc21. The molecule has 5 heterocycles. The summed E-state index contributed by atoms with van der Waals surface area (Å²) in [5, 5.41) is 7.16. The van der Waals surface area contributed by atoms with Gasteiger partial charge in [0.1, 0.15) is 22.5 Å². The Morgan fingerprint density at radius 2 is 1.60 bits per heavy atom. The molecule has 1 aliphatic carbocycles. The van der Waals surface area contributed by atoms with Crippen LogP contribution in [0.15, 0.2) is 55.7 Å². The number of carbonyl (C=O) groups excluding carboxylic acids is 1. The molecule has 0 spiro atoms. The highest BCUT2D eigenvalue weighted by Crippen LogP contribution is 2.33. The molecule has 1 aliphatic heterocycles. The number of fused-ring (bicyclic) bond motifs is 2. The Balaban J connectivity index is 1.23. The number of nitrogens with zero attached hydrogens (tertiary/aromatic N) is 7. The Kier molecular flexibility index (Phi) is 10.4. The molecule has 0 radical (unpaired) electrons. The van der Waals surface area contributed by atoms with E-state index in [0.29, 0.717) is 38.5 Å². The zero-order valence-electron chi connectivity index (χ0n) is 30.4. The lowest BCUT2D eigenvalue weighted by Crippen LogP contribution is -2.46. The fourth-order valence-electron chi connectivity index (χ4n) is 7.86. The number of thioether (sulfide) groups is 1. The van der Waals surface area contributed by atoms with Crippen LogP contribution in [0.2, 0.25) is 0 Å². The third-order valence-electron chi connectivity index (χ3n) is 10.5. The van der Waals surface area contributed by atoms with E-state index in [1.807, 2.05) is 13.8 Å². The Bertz CT molecular complexity index is 2540. The van der Waals surface area contributed by atoms with Crippen LogP contribution in [0.5, 0.6) is 0 Å². The molecule has 292 valence electrons. The maximum Gasteiger partial charge on any atom is 0.416 e. The molecule has 13 nitrogen and oxygen atoms in total. The van der Waals surface area contributed by atoms with E-state index in [1.54, 1.807) is 11.8 Å². The predicted molar refractivity (Wildman–Crippen MR) is 199 cm³/mol. The van der Waals surface area contributed by atoms with Crippen LogP contribution in [0.25, 0.3) is 22.1 Å². The average molecular weight is 785 g/mol. The molecule has 2 aliphatic rings. The van der Waals surface area contributed by atoms with Gasteiger partial charge in [-0.1, -0.05) is 32.0 Å². The molecular weight excluding hydrogens is 745 g/mol. The van der Waals surface area contributed by atoms with E-state index in [1.165, 1.54) is 38.9 Å². The monoisotopic (exact) mass is 784 g/mol. The van der Waals surface area contributed by atoms with Gasteiger partial charge >= 0.3 is 17.6 Å². The Labute approximate surface area is 315 Å². The van der Waals surface area contributed by atoms with E-state index in [-0.39, 0.29) is 51.8 Å². The van der Waals surface area contributed by atoms with Crippen LogP contribution in [0.4, 0.5) is 17.6 Å². The summed E-state index contributed by atoms with van der Waals surface area (Å²) >= 11 is 1.77. The molecule has 1 N–H and O–H groups in total. The minimum absolute atomic E-state index is 0.0120. The van der Waals surface area contributed by atoms with Crippen molar-refractivity contribution in [2.24, 2.45) is 13.0 Å². The van der Waals surface area contributed by atoms with Gasteiger partial charge in [0.05, 0.1) is 23.7 Å². The van der Waals surface area contributed by atoms with E-state index in [4.69, 9.17) is 0 Å². The van der Waals surface area contributed by atoms with Gasteiger partial charge in [-0.25, -0.2) is 19.0 Å². The van der Waals surface area contributed by atoms with Gasteiger partial charge in [-0.05, 0) is 73.6 Å². The van der Waals surface area contributed by atoms with Gasteiger partial charge in [0.2, 0.25) is 0 Å². The number of halogens is 4. The number of alkyl halides is 3. The van der Waals surface area contributed by atoms with Gasteiger partial charge in [0.25, 0.3) is 17.0 Å². The lowest BCUT2D eigenvalue weighted by molar-refractivity contribution is -0.138. The first kappa shape index (κ1) is 38.3. The van der Waals surface area contributed by atoms with E-state index < -0.39 is 64.6 Å². The Morgan fingerprint density at radius 3 is 2.27 bits per heavy atom. The highest BCUT2D eigenvalue weighted by Gasteiger charge is 2.35. The van der Waals surface area contributed by atoms with Crippen molar-refractivity contribution >= 4 is 39.7 Å². The van der Waals surface area contributed by atoms with E-state index in [0.717, 1.165) is 39.1 Å². The Hall–Kier alpha value is -5.00. The molecule has 0 atom stereocenters. The van der Waals surface area contributed by atoms with E-state index >= 15 is 0 Å². The third-order valence-corrected chi connectivity index (χ3v) is 11.6. The predicted octanol–water partition coefficient (Wildman–Crippen LogP) is 4.61. The fraction of sp³-hybridized carbons (Fsp3) is 0.486. The Morgan fingerprint density at radius 1 is 0.927 bits per heavy atom. The summed E-state index contributed by atoms with van der Waals surface area (Å²) in [7, 11) is 1.26. The van der Waals surface area contributed by atoms with Crippen LogP contribution in [0.1, 0.15) is 86.1 Å². The first-order valence-electron chi connectivity index (χ1n) is 18.2. The molecule has 2 fully saturated rings. The number of rotatable bonds is 8. The van der Waals surface area contributed by atoms with Crippen LogP contribution in [0, 0.1) is 11.7 Å². The van der Waals surface area contributed by atoms with Crippen LogP contribution in [-0.4, -0.2) is 56.5 Å². The molecule has 0 unspecified atom stereocenters. The van der Waals surface area contributed by atoms with Crippen molar-refractivity contribution in [3.63, 3.8) is 0 Å². The number of hydrogen-bond acceptors (Lipinski definition) is 8. The molecule has 18 heteroatoms. The summed E-state index contributed by atoms with van der Waals surface area (Å²) in [5.74, 6) is 0.0996. The second-order valence-electron chi connectivity index (χ2n) is 14.7. The van der Waals surface area contributed by atoms with Gasteiger partial charge in [-0.3, -0.25) is 37.3 Å². The lowest BCUT2D eigenvalue weighted by atomic mass is 9.90. The zero-order chi connectivity index (χ0) is 39.3. The lowest BCUT2D eigenvalue weighted by Gasteiger charge is -2.31. The summed E-state index contributed by atoms with van der Waals surface area (Å²) in [6.45, 7) is 3.29. The first-order valence-corrected chi connectivity index (χ1v) is 19.4. The molecule has 1 saturated heterocycles. The maximum atomic E-state index is 14.4. The van der Waals surface area contributed by atoms with Gasteiger partial charge in [-0.2, -0.15) is 30.0 Å². The molecule has 1 aromatic carbocycles. The summed E-state index contributed by atoms with van der Waals surface area (Å²) in [6, 6.07) is 4.68. The standard InChI is InChI=1S/C37H40F4N8O5S/c1-20(2)18-46-31-28(34(52)45(3)35(46)53)29(47(44-31)19-21-6-4-5-7-27(21)37(39,40)41)32(50)43-23-8-10-24(11-9-23)49-33(51)26-16-22(38)17-42-30(26)48(36(49)54)25-12-14-55-15-13-25/h4-7,16-17,20,23-25H,8-15,18-19H2,1-3H3,(H,43,50)/t23-,24+. The first-order chi connectivity index (χ1) is 26.1. The van der Waals surface area contributed by atoms with Crippen LogP contribution < -0.4 is 27.8 Å². The second kappa shape index (κ2) is 14.9. The number of hydrogen-bond donors (Lipinski definition) is 1. The fourth-order valence-corrected chi connectivity index (χ4v) is 8.95. The summed E-state index contributed by atoms with van der Waals surface area (Å²) < 4.78 is 62.4. The van der Waals surface area contributed by atoms with Crippen molar-refractivity contribution in [2.75, 3.05) is 11.5 Å². The maximum absolute atomic E-state index is 14.4. The smallest absolute Gasteiger partial charge is 0.348 e. The van der Waals surface area contributed by atoms with Gasteiger partial charge in [0.15, 0.2) is 5.65 Å². The summed E-state index contributed by atoms with van der Waals surface area (Å²) in [5.41, 5.74) is -4.04. The topological polar surface area (TPSA) is 148 Å². The van der Waals surface area contributed by atoms with Crippen molar-refractivity contribution < 1.29 is 22.4 Å². The van der Waals surface area contributed by atoms with Gasteiger partial charge in [0, 0.05) is 31.7 Å². The molecule has 5 aromatic rings. The molecule has 4 aromatic heterocycles. The number of benzene rings is 1. The number of amides is 1. The minimum atomic E-state index is -4.71. The second-order valence-corrected chi connectivity index (χ2v) is 15.9. The largest absolute Gasteiger partial charge is 0.416 e. The third kappa shape index (κ3) is 7.15. The highest BCUT2D eigenvalue weighted by atomic mass is 32.2. The van der Waals surface area contributed by atoms with Crippen molar-refractivity contribution in [3.05, 3.63) is 101 Å². The number of nitrogens with one attached hydrogen (secondary N) is 1. The van der Waals surface area contributed by atoms with E-state index in [2.05, 4.69) is 15.4 Å². The molecular formula is C37H40F4N8O5S. The number of pyridine rings is 1. The highest BCUT2D eigenvalue weighted by molar-refractivity contribution is 7.99. The molecule has 1 amide bonds. The van der Waals surface area contributed by atoms with Gasteiger partial charge in [-0.15, -0.1) is 0 Å². The van der Waals surface area contributed by atoms with Gasteiger partial charge < -0.3 is 5.32 Å².